The Bertz CT molecular complexity index is 1070. The van der Waals surface area contributed by atoms with Gasteiger partial charge in [0.05, 0.1) is 24.6 Å². The van der Waals surface area contributed by atoms with Crippen LogP contribution in [0.5, 0.6) is 11.5 Å². The number of carbonyl (C=O) groups is 1. The lowest BCUT2D eigenvalue weighted by molar-refractivity contribution is 0.0728. The number of hydrogen-bond donors (Lipinski definition) is 0. The summed E-state index contributed by atoms with van der Waals surface area (Å²) in [6.45, 7) is 4.86. The molecule has 0 aliphatic heterocycles. The van der Waals surface area contributed by atoms with Crippen LogP contribution in [-0.4, -0.2) is 22.5 Å². The predicted octanol–water partition coefficient (Wildman–Crippen LogP) is 7.97. The third-order valence-electron chi connectivity index (χ3n) is 6.05. The van der Waals surface area contributed by atoms with Crippen LogP contribution in [0.3, 0.4) is 0 Å². The van der Waals surface area contributed by atoms with Crippen LogP contribution >= 0.6 is 0 Å². The van der Waals surface area contributed by atoms with Gasteiger partial charge in [0.15, 0.2) is 11.6 Å². The quantitative estimate of drug-likeness (QED) is 0.159. The smallest absolute Gasteiger partial charge is 0.346 e. The normalized spacial score (nSPS) is 10.9. The van der Waals surface area contributed by atoms with Gasteiger partial charge in [-0.05, 0) is 37.0 Å². The molecule has 2 aromatic carbocycles. The second kappa shape index (κ2) is 15.0. The Hall–Kier alpha value is -3.28. The van der Waals surface area contributed by atoms with Crippen molar-refractivity contribution in [1.82, 2.24) is 9.97 Å². The SMILES string of the molecule is CCCCCCCCc1ccc(-c2ncc(OC(=O)c3ccc(OCCCCC)cc3F)cn2)cc1. The van der Waals surface area contributed by atoms with Crippen molar-refractivity contribution in [2.75, 3.05) is 6.61 Å². The summed E-state index contributed by atoms with van der Waals surface area (Å²) >= 11 is 0. The number of aromatic nitrogens is 2. The summed E-state index contributed by atoms with van der Waals surface area (Å²) in [6, 6.07) is 12.4. The highest BCUT2D eigenvalue weighted by Crippen LogP contribution is 2.21. The monoisotopic (exact) mass is 492 g/mol. The summed E-state index contributed by atoms with van der Waals surface area (Å²) < 4.78 is 25.2. The van der Waals surface area contributed by atoms with E-state index in [9.17, 15) is 9.18 Å². The van der Waals surface area contributed by atoms with Gasteiger partial charge in [0, 0.05) is 11.6 Å². The Morgan fingerprint density at radius 1 is 0.806 bits per heavy atom. The van der Waals surface area contributed by atoms with Crippen molar-refractivity contribution < 1.29 is 18.7 Å². The molecule has 6 heteroatoms. The molecule has 0 saturated heterocycles. The molecule has 0 amide bonds. The fraction of sp³-hybridized carbons (Fsp3) is 0.433. The maximum absolute atomic E-state index is 14.4. The van der Waals surface area contributed by atoms with Gasteiger partial charge in [-0.25, -0.2) is 19.2 Å². The summed E-state index contributed by atoms with van der Waals surface area (Å²) in [6.07, 6.45) is 14.7. The number of ether oxygens (including phenoxy) is 2. The summed E-state index contributed by atoms with van der Waals surface area (Å²) in [5, 5.41) is 0. The number of carbonyl (C=O) groups excluding carboxylic acids is 1. The number of rotatable bonds is 15. The lowest BCUT2D eigenvalue weighted by atomic mass is 10.0. The summed E-state index contributed by atoms with van der Waals surface area (Å²) in [7, 11) is 0. The molecule has 0 radical (unpaired) electrons. The zero-order chi connectivity index (χ0) is 25.6. The van der Waals surface area contributed by atoms with Crippen LogP contribution in [0.1, 0.15) is 87.6 Å². The molecule has 0 unspecified atom stereocenters. The largest absolute Gasteiger partial charge is 0.493 e. The minimum absolute atomic E-state index is 0.155. The first kappa shape index (κ1) is 27.3. The Morgan fingerprint density at radius 2 is 1.47 bits per heavy atom. The molecule has 192 valence electrons. The molecule has 0 N–H and O–H groups in total. The molecule has 0 saturated carbocycles. The summed E-state index contributed by atoms with van der Waals surface area (Å²) in [4.78, 5) is 21.1. The molecule has 0 atom stereocenters. The second-order valence-corrected chi connectivity index (χ2v) is 9.04. The van der Waals surface area contributed by atoms with Crippen LogP contribution in [0, 0.1) is 5.82 Å². The van der Waals surface area contributed by atoms with E-state index in [0.717, 1.165) is 31.2 Å². The van der Waals surface area contributed by atoms with E-state index in [1.165, 1.54) is 68.6 Å². The fourth-order valence-corrected chi connectivity index (χ4v) is 3.90. The first-order valence-corrected chi connectivity index (χ1v) is 13.2. The fourth-order valence-electron chi connectivity index (χ4n) is 3.90. The molecule has 0 fully saturated rings. The van der Waals surface area contributed by atoms with Crippen LogP contribution in [0.25, 0.3) is 11.4 Å². The summed E-state index contributed by atoms with van der Waals surface area (Å²) in [5.41, 5.74) is 2.03. The standard InChI is InChI=1S/C30H37FN2O3/c1-3-5-7-8-9-10-12-23-13-15-24(16-14-23)29-32-21-26(22-33-29)36-30(34)27-18-17-25(20-28(27)31)35-19-11-6-4-2/h13-18,20-22H,3-12,19H2,1-2H3. The molecular weight excluding hydrogens is 455 g/mol. The van der Waals surface area contributed by atoms with Gasteiger partial charge in [-0.3, -0.25) is 0 Å². The highest BCUT2D eigenvalue weighted by molar-refractivity contribution is 5.91. The van der Waals surface area contributed by atoms with E-state index in [2.05, 4.69) is 35.9 Å². The van der Waals surface area contributed by atoms with Crippen molar-refractivity contribution in [1.29, 1.82) is 0 Å². The first-order valence-electron chi connectivity index (χ1n) is 13.2. The van der Waals surface area contributed by atoms with Crippen LogP contribution in [0.4, 0.5) is 4.39 Å². The lowest BCUT2D eigenvalue weighted by Gasteiger charge is -2.09. The van der Waals surface area contributed by atoms with E-state index in [0.29, 0.717) is 18.2 Å². The van der Waals surface area contributed by atoms with Gasteiger partial charge in [0.1, 0.15) is 11.6 Å². The highest BCUT2D eigenvalue weighted by Gasteiger charge is 2.16. The van der Waals surface area contributed by atoms with Crippen molar-refractivity contribution in [3.8, 4) is 22.9 Å². The van der Waals surface area contributed by atoms with E-state index in [1.807, 2.05) is 12.1 Å². The van der Waals surface area contributed by atoms with E-state index in [4.69, 9.17) is 9.47 Å². The van der Waals surface area contributed by atoms with Gasteiger partial charge in [-0.15, -0.1) is 0 Å². The Labute approximate surface area is 214 Å². The van der Waals surface area contributed by atoms with Crippen LogP contribution in [0.2, 0.25) is 0 Å². The van der Waals surface area contributed by atoms with Gasteiger partial charge >= 0.3 is 5.97 Å². The van der Waals surface area contributed by atoms with E-state index < -0.39 is 11.8 Å². The predicted molar refractivity (Wildman–Crippen MR) is 141 cm³/mol. The molecule has 0 bridgehead atoms. The number of nitrogens with zero attached hydrogens (tertiary/aromatic N) is 2. The number of halogens is 1. The maximum atomic E-state index is 14.4. The molecular formula is C30H37FN2O3. The van der Waals surface area contributed by atoms with Crippen molar-refractivity contribution in [3.63, 3.8) is 0 Å². The Kier molecular flexibility index (Phi) is 11.4. The van der Waals surface area contributed by atoms with Gasteiger partial charge in [-0.2, -0.15) is 0 Å². The molecule has 3 rings (SSSR count). The van der Waals surface area contributed by atoms with Gasteiger partial charge in [0.25, 0.3) is 0 Å². The van der Waals surface area contributed by atoms with Crippen molar-refractivity contribution in [2.24, 2.45) is 0 Å². The molecule has 1 aromatic heterocycles. The number of hydrogen-bond acceptors (Lipinski definition) is 5. The van der Waals surface area contributed by atoms with Crippen molar-refractivity contribution in [3.05, 3.63) is 71.8 Å². The molecule has 3 aromatic rings. The zero-order valence-electron chi connectivity index (χ0n) is 21.5. The molecule has 5 nitrogen and oxygen atoms in total. The van der Waals surface area contributed by atoms with Gasteiger partial charge in [-0.1, -0.05) is 83.1 Å². The number of aryl methyl sites for hydroxylation is 1. The number of esters is 1. The van der Waals surface area contributed by atoms with Crippen LogP contribution in [0.15, 0.2) is 54.9 Å². The van der Waals surface area contributed by atoms with Crippen LogP contribution < -0.4 is 9.47 Å². The van der Waals surface area contributed by atoms with E-state index in [1.54, 1.807) is 6.07 Å². The highest BCUT2D eigenvalue weighted by atomic mass is 19.1. The molecule has 0 spiro atoms. The van der Waals surface area contributed by atoms with Gasteiger partial charge < -0.3 is 9.47 Å². The number of benzene rings is 2. The summed E-state index contributed by atoms with van der Waals surface area (Å²) in [5.74, 6) is -0.405. The molecule has 1 heterocycles. The van der Waals surface area contributed by atoms with Crippen molar-refractivity contribution >= 4 is 5.97 Å². The number of unbranched alkanes of at least 4 members (excludes halogenated alkanes) is 7. The minimum Gasteiger partial charge on any atom is -0.493 e. The topological polar surface area (TPSA) is 61.3 Å². The van der Waals surface area contributed by atoms with E-state index in [-0.39, 0.29) is 11.3 Å². The Morgan fingerprint density at radius 3 is 2.17 bits per heavy atom. The third kappa shape index (κ3) is 8.74. The zero-order valence-corrected chi connectivity index (χ0v) is 21.5. The molecule has 0 aliphatic rings. The maximum Gasteiger partial charge on any atom is 0.346 e. The van der Waals surface area contributed by atoms with Crippen LogP contribution in [-0.2, 0) is 6.42 Å². The molecule has 0 aliphatic carbocycles. The Balaban J connectivity index is 1.50. The first-order chi connectivity index (χ1) is 17.6. The molecule has 36 heavy (non-hydrogen) atoms. The van der Waals surface area contributed by atoms with E-state index >= 15 is 0 Å². The third-order valence-corrected chi connectivity index (χ3v) is 6.05. The van der Waals surface area contributed by atoms with Crippen molar-refractivity contribution in [2.45, 2.75) is 78.1 Å². The van der Waals surface area contributed by atoms with Gasteiger partial charge in [0.2, 0.25) is 0 Å². The second-order valence-electron chi connectivity index (χ2n) is 9.04. The lowest BCUT2D eigenvalue weighted by Crippen LogP contribution is -2.11. The average molecular weight is 493 g/mol. The minimum atomic E-state index is -0.805. The average Bonchev–Trinajstić information content (AvgIpc) is 2.89.